The van der Waals surface area contributed by atoms with Gasteiger partial charge < -0.3 is 26.3 Å². The molecule has 0 fully saturated rings. The van der Waals surface area contributed by atoms with Gasteiger partial charge in [0, 0.05) is 53.1 Å². The first kappa shape index (κ1) is 27.8. The van der Waals surface area contributed by atoms with Crippen LogP contribution in [-0.2, 0) is 6.42 Å². The van der Waals surface area contributed by atoms with Crippen LogP contribution in [-0.4, -0.2) is 64.3 Å². The fourth-order valence-corrected chi connectivity index (χ4v) is 4.57. The summed E-state index contributed by atoms with van der Waals surface area (Å²) in [5, 5.41) is 15.0. The first-order valence-electron chi connectivity index (χ1n) is 13.6. The van der Waals surface area contributed by atoms with Gasteiger partial charge in [0.1, 0.15) is 5.84 Å². The molecule has 4 aromatic rings. The number of amides is 1. The fraction of sp³-hybridized carbons (Fsp3) is 0.333. The van der Waals surface area contributed by atoms with Gasteiger partial charge in [-0.05, 0) is 74.8 Å². The smallest absolute Gasteiger partial charge is 0.251 e. The number of amidine groups is 1. The second-order valence-electron chi connectivity index (χ2n) is 9.51. The van der Waals surface area contributed by atoms with E-state index in [1.807, 2.05) is 48.5 Å². The number of hydrogen-bond acceptors (Lipinski definition) is 6. The minimum Gasteiger partial charge on any atom is -0.384 e. The third-order valence-corrected chi connectivity index (χ3v) is 6.91. The molecule has 0 radical (unpaired) electrons. The Labute approximate surface area is 229 Å². The summed E-state index contributed by atoms with van der Waals surface area (Å²) in [6.07, 6.45) is 6.38. The molecule has 4 rings (SSSR count). The van der Waals surface area contributed by atoms with E-state index in [1.54, 1.807) is 12.4 Å². The predicted molar refractivity (Wildman–Crippen MR) is 158 cm³/mol. The van der Waals surface area contributed by atoms with Crippen molar-refractivity contribution in [2.24, 2.45) is 5.73 Å². The molecule has 0 aliphatic carbocycles. The number of nitrogens with zero attached hydrogens (tertiary/aromatic N) is 3. The molecule has 2 aromatic heterocycles. The van der Waals surface area contributed by atoms with Gasteiger partial charge in [-0.2, -0.15) is 0 Å². The maximum atomic E-state index is 12.7. The Morgan fingerprint density at radius 1 is 1.05 bits per heavy atom. The number of nitrogens with two attached hydrogens (primary N) is 1. The SMILES string of the molecule is CCN(CC)CCCCNc1nccc(-c2ccc(C(=O)NCCc3ccc4[nH]cc(C(=N)N)c4c3)cc2)n1. The Balaban J connectivity index is 1.27. The highest BCUT2D eigenvalue weighted by atomic mass is 16.1. The van der Waals surface area contributed by atoms with Crippen LogP contribution in [0.15, 0.2) is 60.9 Å². The van der Waals surface area contributed by atoms with Gasteiger partial charge in [0.25, 0.3) is 5.91 Å². The number of rotatable bonds is 14. The van der Waals surface area contributed by atoms with Gasteiger partial charge in [-0.3, -0.25) is 10.2 Å². The Bertz CT molecular complexity index is 1390. The second kappa shape index (κ2) is 13.5. The summed E-state index contributed by atoms with van der Waals surface area (Å²) in [4.78, 5) is 27.3. The van der Waals surface area contributed by atoms with Crippen molar-refractivity contribution in [3.63, 3.8) is 0 Å². The number of carbonyl (C=O) groups is 1. The van der Waals surface area contributed by atoms with Crippen LogP contribution in [0.25, 0.3) is 22.2 Å². The molecule has 1 amide bonds. The van der Waals surface area contributed by atoms with Gasteiger partial charge in [0.15, 0.2) is 0 Å². The molecular formula is C30H38N8O. The molecule has 9 nitrogen and oxygen atoms in total. The summed E-state index contributed by atoms with van der Waals surface area (Å²) >= 11 is 0. The summed E-state index contributed by atoms with van der Waals surface area (Å²) in [7, 11) is 0. The zero-order valence-corrected chi connectivity index (χ0v) is 22.8. The minimum atomic E-state index is -0.122. The number of H-pyrrole nitrogens is 1. The van der Waals surface area contributed by atoms with E-state index in [2.05, 4.69) is 44.3 Å². The van der Waals surface area contributed by atoms with Crippen molar-refractivity contribution in [2.75, 3.05) is 38.0 Å². The molecule has 0 aliphatic rings. The van der Waals surface area contributed by atoms with Crippen LogP contribution in [0.3, 0.4) is 0 Å². The molecule has 0 saturated carbocycles. The van der Waals surface area contributed by atoms with E-state index in [0.29, 0.717) is 30.0 Å². The van der Waals surface area contributed by atoms with Gasteiger partial charge in [0.05, 0.1) is 5.69 Å². The molecule has 2 heterocycles. The van der Waals surface area contributed by atoms with Crippen molar-refractivity contribution in [3.05, 3.63) is 77.6 Å². The Morgan fingerprint density at radius 2 is 1.85 bits per heavy atom. The van der Waals surface area contributed by atoms with E-state index in [9.17, 15) is 4.79 Å². The number of nitrogens with one attached hydrogen (secondary N) is 4. The van der Waals surface area contributed by atoms with E-state index in [4.69, 9.17) is 11.1 Å². The van der Waals surface area contributed by atoms with E-state index in [0.717, 1.165) is 66.7 Å². The Morgan fingerprint density at radius 3 is 2.59 bits per heavy atom. The molecule has 0 aliphatic heterocycles. The lowest BCUT2D eigenvalue weighted by Gasteiger charge is -2.17. The second-order valence-corrected chi connectivity index (χ2v) is 9.51. The summed E-state index contributed by atoms with van der Waals surface area (Å²) < 4.78 is 0. The molecule has 0 atom stereocenters. The molecule has 204 valence electrons. The molecule has 0 unspecified atom stereocenters. The van der Waals surface area contributed by atoms with Crippen LogP contribution < -0.4 is 16.4 Å². The standard InChI is InChI=1S/C30H38N8O/c1-3-38(4-2)18-6-5-15-34-30-35-17-14-26(37-30)22-8-10-23(11-9-22)29(39)33-16-13-21-7-12-27-24(19-21)25(20-36-27)28(31)32/h7-12,14,17,19-20,36H,3-6,13,15-16,18H2,1-2H3,(H3,31,32)(H,33,39)(H,34,35,37). The molecule has 9 heteroatoms. The van der Waals surface area contributed by atoms with Crippen LogP contribution in [0.1, 0.15) is 48.2 Å². The fourth-order valence-electron chi connectivity index (χ4n) is 4.57. The van der Waals surface area contributed by atoms with Gasteiger partial charge in [-0.15, -0.1) is 0 Å². The number of hydrogen-bond donors (Lipinski definition) is 5. The highest BCUT2D eigenvalue weighted by Crippen LogP contribution is 2.20. The van der Waals surface area contributed by atoms with Crippen molar-refractivity contribution in [1.82, 2.24) is 25.2 Å². The van der Waals surface area contributed by atoms with Gasteiger partial charge >= 0.3 is 0 Å². The van der Waals surface area contributed by atoms with Crippen molar-refractivity contribution in [3.8, 4) is 11.3 Å². The highest BCUT2D eigenvalue weighted by Gasteiger charge is 2.09. The number of unbranched alkanes of at least 4 members (excludes halogenated alkanes) is 1. The number of benzene rings is 2. The number of carbonyl (C=O) groups excluding carboxylic acids is 1. The van der Waals surface area contributed by atoms with Gasteiger partial charge in [-0.1, -0.05) is 32.0 Å². The lowest BCUT2D eigenvalue weighted by Crippen LogP contribution is -2.25. The quantitative estimate of drug-likeness (QED) is 0.0938. The monoisotopic (exact) mass is 526 g/mol. The summed E-state index contributed by atoms with van der Waals surface area (Å²) in [5.41, 5.74) is 10.7. The topological polar surface area (TPSA) is 136 Å². The molecular weight excluding hydrogens is 488 g/mol. The number of aromatic nitrogens is 3. The van der Waals surface area contributed by atoms with E-state index in [-0.39, 0.29) is 11.7 Å². The average molecular weight is 527 g/mol. The molecule has 0 spiro atoms. The van der Waals surface area contributed by atoms with Gasteiger partial charge in [-0.25, -0.2) is 9.97 Å². The maximum Gasteiger partial charge on any atom is 0.251 e. The van der Waals surface area contributed by atoms with Crippen LogP contribution in [0.4, 0.5) is 5.95 Å². The van der Waals surface area contributed by atoms with Crippen molar-refractivity contribution >= 4 is 28.6 Å². The number of aromatic amines is 1. The highest BCUT2D eigenvalue weighted by molar-refractivity contribution is 6.07. The summed E-state index contributed by atoms with van der Waals surface area (Å²) in [6, 6.07) is 15.3. The number of nitrogen functional groups attached to an aromatic ring is 1. The van der Waals surface area contributed by atoms with Crippen LogP contribution in [0.5, 0.6) is 0 Å². The summed E-state index contributed by atoms with van der Waals surface area (Å²) in [5.74, 6) is 0.528. The van der Waals surface area contributed by atoms with Gasteiger partial charge in [0.2, 0.25) is 5.95 Å². The normalized spacial score (nSPS) is 11.2. The molecule has 6 N–H and O–H groups in total. The van der Waals surface area contributed by atoms with Crippen molar-refractivity contribution < 1.29 is 4.79 Å². The zero-order valence-electron chi connectivity index (χ0n) is 22.8. The third-order valence-electron chi connectivity index (χ3n) is 6.91. The van der Waals surface area contributed by atoms with E-state index < -0.39 is 0 Å². The summed E-state index contributed by atoms with van der Waals surface area (Å²) in [6.45, 7) is 9.01. The van der Waals surface area contributed by atoms with Crippen LogP contribution >= 0.6 is 0 Å². The average Bonchev–Trinajstić information content (AvgIpc) is 3.39. The minimum absolute atomic E-state index is 0.0333. The number of anilines is 1. The van der Waals surface area contributed by atoms with Crippen molar-refractivity contribution in [1.29, 1.82) is 5.41 Å². The first-order chi connectivity index (χ1) is 19.0. The van der Waals surface area contributed by atoms with E-state index in [1.165, 1.54) is 0 Å². The van der Waals surface area contributed by atoms with E-state index >= 15 is 0 Å². The molecule has 0 bridgehead atoms. The lowest BCUT2D eigenvalue weighted by atomic mass is 10.1. The molecule has 0 saturated heterocycles. The zero-order chi connectivity index (χ0) is 27.6. The first-order valence-corrected chi connectivity index (χ1v) is 13.6. The third kappa shape index (κ3) is 7.42. The van der Waals surface area contributed by atoms with Crippen LogP contribution in [0, 0.1) is 5.41 Å². The van der Waals surface area contributed by atoms with Crippen molar-refractivity contribution in [2.45, 2.75) is 33.1 Å². The molecule has 39 heavy (non-hydrogen) atoms. The Hall–Kier alpha value is -4.24. The Kier molecular flexibility index (Phi) is 9.64. The lowest BCUT2D eigenvalue weighted by molar-refractivity contribution is 0.0954. The molecule has 2 aromatic carbocycles. The predicted octanol–water partition coefficient (Wildman–Crippen LogP) is 4.42. The largest absolute Gasteiger partial charge is 0.384 e. The maximum absolute atomic E-state index is 12.7. The van der Waals surface area contributed by atoms with Crippen LogP contribution in [0.2, 0.25) is 0 Å². The number of fused-ring (bicyclic) bond motifs is 1.